The van der Waals surface area contributed by atoms with Gasteiger partial charge in [0, 0.05) is 11.1 Å². The van der Waals surface area contributed by atoms with E-state index in [1.807, 2.05) is 0 Å². The minimum Gasteiger partial charge on any atom is -0.289 e. The van der Waals surface area contributed by atoms with Crippen LogP contribution in [0.5, 0.6) is 0 Å². The number of halogens is 3. The molecule has 92 valence electrons. The highest BCUT2D eigenvalue weighted by Gasteiger charge is 2.39. The van der Waals surface area contributed by atoms with Gasteiger partial charge in [-0.1, -0.05) is 31.2 Å². The van der Waals surface area contributed by atoms with Crippen molar-refractivity contribution in [3.63, 3.8) is 0 Å². The third-order valence-electron chi connectivity index (χ3n) is 2.29. The topological polar surface area (TPSA) is 17.1 Å². The lowest BCUT2D eigenvalue weighted by Gasteiger charge is -2.18. The van der Waals surface area contributed by atoms with Gasteiger partial charge in [-0.05, 0) is 19.4 Å². The van der Waals surface area contributed by atoms with Gasteiger partial charge in [-0.3, -0.25) is 4.79 Å². The maximum absolute atomic E-state index is 12.7. The Bertz CT molecular complexity index is 434. The molecule has 0 bridgehead atoms. The molecule has 0 saturated heterocycles. The number of carbonyl (C=O) groups excluding carboxylic acids is 1. The molecule has 1 rings (SSSR count). The highest BCUT2D eigenvalue weighted by molar-refractivity contribution is 6.14. The van der Waals surface area contributed by atoms with Crippen LogP contribution in [0.2, 0.25) is 0 Å². The van der Waals surface area contributed by atoms with Crippen molar-refractivity contribution in [1.82, 2.24) is 0 Å². The predicted octanol–water partition coefficient (Wildman–Crippen LogP) is 3.90. The molecule has 0 aromatic heterocycles. The van der Waals surface area contributed by atoms with Crippen molar-refractivity contribution in [3.05, 3.63) is 47.1 Å². The van der Waals surface area contributed by atoms with Crippen molar-refractivity contribution in [3.8, 4) is 0 Å². The minimum atomic E-state index is -4.49. The summed E-state index contributed by atoms with van der Waals surface area (Å²) in [7, 11) is 0. The standard InChI is InChI=1S/C13H13F3O/c1-3-5-9-7-8-11(13(14,15)16)10(6-4-2)12(9)17/h3,5-8H,4H2,1-2H3/b5-3+,10-6+. The van der Waals surface area contributed by atoms with Crippen molar-refractivity contribution >= 4 is 5.78 Å². The summed E-state index contributed by atoms with van der Waals surface area (Å²) in [6, 6.07) is 0. The van der Waals surface area contributed by atoms with E-state index in [0.717, 1.165) is 6.08 Å². The second kappa shape index (κ2) is 5.17. The van der Waals surface area contributed by atoms with Crippen LogP contribution in [0.4, 0.5) is 13.2 Å². The molecular formula is C13H13F3O. The molecule has 0 heterocycles. The zero-order valence-corrected chi connectivity index (χ0v) is 9.64. The van der Waals surface area contributed by atoms with Crippen molar-refractivity contribution in [2.45, 2.75) is 26.4 Å². The fourth-order valence-corrected chi connectivity index (χ4v) is 1.58. The first-order valence-electron chi connectivity index (χ1n) is 5.29. The number of allylic oxidation sites excluding steroid dienone is 8. The van der Waals surface area contributed by atoms with Gasteiger partial charge in [0.25, 0.3) is 0 Å². The Morgan fingerprint density at radius 1 is 1.29 bits per heavy atom. The zero-order chi connectivity index (χ0) is 13.1. The predicted molar refractivity (Wildman–Crippen MR) is 60.4 cm³/mol. The molecule has 17 heavy (non-hydrogen) atoms. The smallest absolute Gasteiger partial charge is 0.289 e. The maximum Gasteiger partial charge on any atom is 0.417 e. The van der Waals surface area contributed by atoms with E-state index in [1.165, 1.54) is 18.2 Å². The molecule has 0 fully saturated rings. The Morgan fingerprint density at radius 2 is 1.94 bits per heavy atom. The van der Waals surface area contributed by atoms with Crippen molar-refractivity contribution in [1.29, 1.82) is 0 Å². The second-order valence-electron chi connectivity index (χ2n) is 3.56. The van der Waals surface area contributed by atoms with Gasteiger partial charge >= 0.3 is 6.18 Å². The Labute approximate surface area is 98.0 Å². The number of hydrogen-bond acceptors (Lipinski definition) is 1. The third kappa shape index (κ3) is 2.96. The number of alkyl halides is 3. The first-order chi connectivity index (χ1) is 7.91. The molecule has 0 N–H and O–H groups in total. The van der Waals surface area contributed by atoms with E-state index >= 15 is 0 Å². The van der Waals surface area contributed by atoms with Crippen LogP contribution < -0.4 is 0 Å². The number of rotatable bonds is 2. The Balaban J connectivity index is 3.29. The summed E-state index contributed by atoms with van der Waals surface area (Å²) >= 11 is 0. The van der Waals surface area contributed by atoms with E-state index in [9.17, 15) is 18.0 Å². The summed E-state index contributed by atoms with van der Waals surface area (Å²) in [5.74, 6) is -0.570. The van der Waals surface area contributed by atoms with Crippen molar-refractivity contribution in [2.24, 2.45) is 0 Å². The second-order valence-corrected chi connectivity index (χ2v) is 3.56. The summed E-state index contributed by atoms with van der Waals surface area (Å²) in [6.07, 6.45) is 2.51. The molecule has 0 spiro atoms. The summed E-state index contributed by atoms with van der Waals surface area (Å²) in [4.78, 5) is 11.8. The minimum absolute atomic E-state index is 0.254. The first kappa shape index (κ1) is 13.5. The molecule has 0 unspecified atom stereocenters. The van der Waals surface area contributed by atoms with E-state index in [1.54, 1.807) is 19.9 Å². The van der Waals surface area contributed by atoms with Crippen LogP contribution in [0.15, 0.2) is 47.1 Å². The zero-order valence-electron chi connectivity index (χ0n) is 9.64. The van der Waals surface area contributed by atoms with Crippen LogP contribution >= 0.6 is 0 Å². The lowest BCUT2D eigenvalue weighted by molar-refractivity contribution is -0.114. The maximum atomic E-state index is 12.7. The van der Waals surface area contributed by atoms with E-state index in [2.05, 4.69) is 0 Å². The van der Waals surface area contributed by atoms with Crippen LogP contribution in [-0.2, 0) is 4.79 Å². The number of Topliss-reactive ketones (excluding diaryl/α,β-unsaturated/α-hetero) is 1. The highest BCUT2D eigenvalue weighted by atomic mass is 19.4. The van der Waals surface area contributed by atoms with E-state index in [0.29, 0.717) is 6.42 Å². The fourth-order valence-electron chi connectivity index (χ4n) is 1.58. The average molecular weight is 242 g/mol. The Kier molecular flexibility index (Phi) is 4.10. The number of ketones is 1. The molecular weight excluding hydrogens is 229 g/mol. The van der Waals surface area contributed by atoms with Gasteiger partial charge in [0.2, 0.25) is 0 Å². The molecule has 1 aliphatic rings. The first-order valence-corrected chi connectivity index (χ1v) is 5.29. The SMILES string of the molecule is C/C=C/C1=CC=C(C(F)(F)F)/C(=C\CC)C1=O. The largest absolute Gasteiger partial charge is 0.417 e. The van der Waals surface area contributed by atoms with Crippen molar-refractivity contribution in [2.75, 3.05) is 0 Å². The summed E-state index contributed by atoms with van der Waals surface area (Å²) < 4.78 is 38.1. The molecule has 1 aliphatic carbocycles. The van der Waals surface area contributed by atoms with Gasteiger partial charge in [0.05, 0.1) is 5.57 Å². The lowest BCUT2D eigenvalue weighted by atomic mass is 9.90. The normalized spacial score (nSPS) is 19.8. The van der Waals surface area contributed by atoms with Gasteiger partial charge in [0.1, 0.15) is 0 Å². The molecule has 0 amide bonds. The van der Waals surface area contributed by atoms with Gasteiger partial charge in [-0.25, -0.2) is 0 Å². The summed E-state index contributed by atoms with van der Waals surface area (Å²) in [5.41, 5.74) is -0.839. The van der Waals surface area contributed by atoms with Crippen LogP contribution in [0.1, 0.15) is 20.3 Å². The molecule has 0 aromatic carbocycles. The summed E-state index contributed by atoms with van der Waals surface area (Å²) in [6.45, 7) is 3.41. The molecule has 0 aromatic rings. The average Bonchev–Trinajstić information content (AvgIpc) is 2.22. The Hall–Kier alpha value is -1.58. The van der Waals surface area contributed by atoms with E-state index in [-0.39, 0.29) is 11.1 Å². The Morgan fingerprint density at radius 3 is 2.41 bits per heavy atom. The quantitative estimate of drug-likeness (QED) is 0.671. The molecule has 0 radical (unpaired) electrons. The van der Waals surface area contributed by atoms with Gasteiger partial charge in [0.15, 0.2) is 5.78 Å². The molecule has 1 nitrogen and oxygen atoms in total. The van der Waals surface area contributed by atoms with Crippen molar-refractivity contribution < 1.29 is 18.0 Å². The lowest BCUT2D eigenvalue weighted by Crippen LogP contribution is -2.21. The van der Waals surface area contributed by atoms with E-state index < -0.39 is 17.5 Å². The molecule has 0 atom stereocenters. The third-order valence-corrected chi connectivity index (χ3v) is 2.29. The number of hydrogen-bond donors (Lipinski definition) is 0. The molecule has 4 heteroatoms. The van der Waals surface area contributed by atoms with Crippen LogP contribution in [-0.4, -0.2) is 12.0 Å². The fraction of sp³-hybridized carbons (Fsp3) is 0.308. The molecule has 0 saturated carbocycles. The van der Waals surface area contributed by atoms with Gasteiger partial charge < -0.3 is 0 Å². The van der Waals surface area contributed by atoms with Crippen LogP contribution in [0, 0.1) is 0 Å². The van der Waals surface area contributed by atoms with Crippen LogP contribution in [0.3, 0.4) is 0 Å². The van der Waals surface area contributed by atoms with Crippen LogP contribution in [0.25, 0.3) is 0 Å². The molecule has 0 aliphatic heterocycles. The van der Waals surface area contributed by atoms with Gasteiger partial charge in [-0.2, -0.15) is 13.2 Å². The monoisotopic (exact) mass is 242 g/mol. The van der Waals surface area contributed by atoms with Gasteiger partial charge in [-0.15, -0.1) is 0 Å². The number of carbonyl (C=O) groups is 1. The van der Waals surface area contributed by atoms with E-state index in [4.69, 9.17) is 0 Å². The highest BCUT2D eigenvalue weighted by Crippen LogP contribution is 2.35. The summed E-state index contributed by atoms with van der Waals surface area (Å²) in [5, 5.41) is 0.